The van der Waals surface area contributed by atoms with Gasteiger partial charge in [0.1, 0.15) is 5.82 Å². The summed E-state index contributed by atoms with van der Waals surface area (Å²) in [5.74, 6) is 0.853. The monoisotopic (exact) mass is 387 g/mol. The third-order valence-electron chi connectivity index (χ3n) is 6.03. The van der Waals surface area contributed by atoms with Crippen LogP contribution in [0.1, 0.15) is 56.3 Å². The Labute approximate surface area is 173 Å². The zero-order chi connectivity index (χ0) is 20.8. The first-order valence-electron chi connectivity index (χ1n) is 10.3. The summed E-state index contributed by atoms with van der Waals surface area (Å²) in [6, 6.07) is 16.6. The van der Waals surface area contributed by atoms with E-state index in [0.717, 1.165) is 35.0 Å². The molecule has 1 heterocycles. The second-order valence-electron chi connectivity index (χ2n) is 9.31. The molecule has 4 nitrogen and oxygen atoms in total. The molecule has 0 saturated heterocycles. The maximum atomic E-state index is 13.3. The van der Waals surface area contributed by atoms with Crippen LogP contribution in [0.15, 0.2) is 48.5 Å². The van der Waals surface area contributed by atoms with Crippen LogP contribution in [0.5, 0.6) is 0 Å². The highest BCUT2D eigenvalue weighted by Gasteiger charge is 2.52. The van der Waals surface area contributed by atoms with Crippen LogP contribution >= 0.6 is 0 Å². The van der Waals surface area contributed by atoms with E-state index in [2.05, 4.69) is 55.0 Å². The van der Waals surface area contributed by atoms with Crippen LogP contribution in [0.2, 0.25) is 0 Å². The maximum absolute atomic E-state index is 13.3. The van der Waals surface area contributed by atoms with Crippen molar-refractivity contribution in [3.63, 3.8) is 0 Å². The Morgan fingerprint density at radius 2 is 1.69 bits per heavy atom. The van der Waals surface area contributed by atoms with Crippen molar-refractivity contribution in [2.24, 2.45) is 0 Å². The van der Waals surface area contributed by atoms with E-state index in [4.69, 9.17) is 0 Å². The molecule has 2 aromatic carbocycles. The smallest absolute Gasteiger partial charge is 0.233 e. The second-order valence-corrected chi connectivity index (χ2v) is 9.31. The van der Waals surface area contributed by atoms with Gasteiger partial charge < -0.3 is 4.90 Å². The van der Waals surface area contributed by atoms with Crippen molar-refractivity contribution in [3.8, 4) is 0 Å². The van der Waals surface area contributed by atoms with E-state index < -0.39 is 0 Å². The summed E-state index contributed by atoms with van der Waals surface area (Å²) in [7, 11) is 1.86. The highest BCUT2D eigenvalue weighted by Crippen LogP contribution is 2.49. The number of nitrogens with zero attached hydrogens (tertiary/aromatic N) is 3. The molecule has 29 heavy (non-hydrogen) atoms. The normalized spacial score (nSPS) is 15.3. The van der Waals surface area contributed by atoms with Gasteiger partial charge in [0.15, 0.2) is 0 Å². The van der Waals surface area contributed by atoms with E-state index in [1.165, 1.54) is 5.56 Å². The van der Waals surface area contributed by atoms with Crippen molar-refractivity contribution < 1.29 is 4.79 Å². The standard InChI is InChI=1S/C25H29N3O/c1-17-20-8-6-7-9-21(20)27-22(26-17)16-28(5)23(29)25(14-15-25)19-12-10-18(11-13-19)24(2,3)4/h6-13H,14-16H2,1-5H3. The highest BCUT2D eigenvalue weighted by atomic mass is 16.2. The molecule has 1 aliphatic carbocycles. The third-order valence-corrected chi connectivity index (χ3v) is 6.03. The first kappa shape index (κ1) is 19.6. The molecule has 1 aliphatic rings. The molecule has 0 radical (unpaired) electrons. The van der Waals surface area contributed by atoms with Crippen molar-refractivity contribution in [2.75, 3.05) is 7.05 Å². The molecule has 1 saturated carbocycles. The van der Waals surface area contributed by atoms with Gasteiger partial charge in [0.05, 0.1) is 17.5 Å². The average molecular weight is 388 g/mol. The number of hydrogen-bond donors (Lipinski definition) is 0. The van der Waals surface area contributed by atoms with Gasteiger partial charge in [-0.15, -0.1) is 0 Å². The summed E-state index contributed by atoms with van der Waals surface area (Å²) in [5, 5.41) is 1.06. The number of amides is 1. The molecule has 0 N–H and O–H groups in total. The first-order valence-corrected chi connectivity index (χ1v) is 10.3. The van der Waals surface area contributed by atoms with Gasteiger partial charge in [-0.1, -0.05) is 63.2 Å². The molecule has 0 bridgehead atoms. The minimum atomic E-state index is -0.378. The Kier molecular flexibility index (Phi) is 4.68. The number of carbonyl (C=O) groups is 1. The van der Waals surface area contributed by atoms with E-state index in [-0.39, 0.29) is 16.7 Å². The van der Waals surface area contributed by atoms with Crippen LogP contribution in [0.4, 0.5) is 0 Å². The lowest BCUT2D eigenvalue weighted by molar-refractivity contribution is -0.133. The van der Waals surface area contributed by atoms with Gasteiger partial charge >= 0.3 is 0 Å². The number of fused-ring (bicyclic) bond motifs is 1. The Balaban J connectivity index is 1.55. The number of rotatable bonds is 4. The Hall–Kier alpha value is -2.75. The molecule has 3 aromatic rings. The number of benzene rings is 2. The number of carbonyl (C=O) groups excluding carboxylic acids is 1. The molecule has 4 rings (SSSR count). The van der Waals surface area contributed by atoms with Crippen LogP contribution in [-0.2, 0) is 22.2 Å². The number of aromatic nitrogens is 2. The van der Waals surface area contributed by atoms with Crippen LogP contribution < -0.4 is 0 Å². The maximum Gasteiger partial charge on any atom is 0.233 e. The lowest BCUT2D eigenvalue weighted by Crippen LogP contribution is -2.36. The summed E-state index contributed by atoms with van der Waals surface area (Å²) in [5.41, 5.74) is 4.02. The molecule has 1 amide bonds. The topological polar surface area (TPSA) is 46.1 Å². The quantitative estimate of drug-likeness (QED) is 0.638. The van der Waals surface area contributed by atoms with Gasteiger partial charge in [0.2, 0.25) is 5.91 Å². The molecule has 1 aromatic heterocycles. The van der Waals surface area contributed by atoms with Gasteiger partial charge in [-0.05, 0) is 42.4 Å². The summed E-state index contributed by atoms with van der Waals surface area (Å²) in [4.78, 5) is 24.4. The largest absolute Gasteiger partial charge is 0.337 e. The molecule has 1 fully saturated rings. The van der Waals surface area contributed by atoms with Crippen LogP contribution in [0.25, 0.3) is 10.9 Å². The van der Waals surface area contributed by atoms with Crippen molar-refractivity contribution >= 4 is 16.8 Å². The third kappa shape index (κ3) is 3.64. The Morgan fingerprint density at radius 3 is 2.31 bits per heavy atom. The van der Waals surface area contributed by atoms with E-state index >= 15 is 0 Å². The minimum Gasteiger partial charge on any atom is -0.337 e. The average Bonchev–Trinajstić information content (AvgIpc) is 3.49. The highest BCUT2D eigenvalue weighted by molar-refractivity contribution is 5.91. The SMILES string of the molecule is Cc1nc(CN(C)C(=O)C2(c3ccc(C(C)(C)C)cc3)CC2)nc2ccccc12. The molecule has 0 atom stereocenters. The zero-order valence-corrected chi connectivity index (χ0v) is 18.0. The fourth-order valence-corrected chi connectivity index (χ4v) is 4.06. The lowest BCUT2D eigenvalue weighted by Gasteiger charge is -2.25. The zero-order valence-electron chi connectivity index (χ0n) is 18.0. The number of hydrogen-bond acceptors (Lipinski definition) is 3. The van der Waals surface area contributed by atoms with Crippen molar-refractivity contribution in [3.05, 3.63) is 71.2 Å². The fourth-order valence-electron chi connectivity index (χ4n) is 4.06. The van der Waals surface area contributed by atoms with Crippen LogP contribution in [0, 0.1) is 6.92 Å². The Bertz CT molecular complexity index is 1060. The summed E-state index contributed by atoms with van der Waals surface area (Å²) in [6.07, 6.45) is 1.81. The predicted octanol–water partition coefficient (Wildman–Crippen LogP) is 4.93. The minimum absolute atomic E-state index is 0.112. The number of para-hydroxylation sites is 1. The summed E-state index contributed by atoms with van der Waals surface area (Å²) < 4.78 is 0. The number of aryl methyl sites for hydroxylation is 1. The van der Waals surface area contributed by atoms with Gasteiger partial charge in [0.25, 0.3) is 0 Å². The van der Waals surface area contributed by atoms with Crippen molar-refractivity contribution in [2.45, 2.75) is 57.9 Å². The molecule has 150 valence electrons. The van der Waals surface area contributed by atoms with Crippen LogP contribution in [-0.4, -0.2) is 27.8 Å². The van der Waals surface area contributed by atoms with E-state index in [0.29, 0.717) is 12.4 Å². The van der Waals surface area contributed by atoms with Gasteiger partial charge in [-0.3, -0.25) is 4.79 Å². The molecule has 0 spiro atoms. The van der Waals surface area contributed by atoms with Crippen molar-refractivity contribution in [1.29, 1.82) is 0 Å². The second kappa shape index (κ2) is 6.94. The lowest BCUT2D eigenvalue weighted by atomic mass is 9.84. The van der Waals surface area contributed by atoms with Crippen LogP contribution in [0.3, 0.4) is 0 Å². The molecule has 0 aliphatic heterocycles. The molecule has 4 heteroatoms. The fraction of sp³-hybridized carbons (Fsp3) is 0.400. The molecular formula is C25H29N3O. The van der Waals surface area contributed by atoms with Gasteiger partial charge in [0, 0.05) is 18.1 Å². The number of likely N-dealkylation sites (N-methyl/N-ethyl adjacent to an activating group) is 1. The summed E-state index contributed by atoms with van der Waals surface area (Å²) in [6.45, 7) is 9.04. The van der Waals surface area contributed by atoms with Gasteiger partial charge in [-0.2, -0.15) is 0 Å². The Morgan fingerprint density at radius 1 is 1.03 bits per heavy atom. The molecule has 0 unspecified atom stereocenters. The van der Waals surface area contributed by atoms with Crippen molar-refractivity contribution in [1.82, 2.24) is 14.9 Å². The predicted molar refractivity (Wildman–Crippen MR) is 117 cm³/mol. The van der Waals surface area contributed by atoms with Gasteiger partial charge in [-0.25, -0.2) is 9.97 Å². The van der Waals surface area contributed by atoms with E-state index in [1.807, 2.05) is 38.2 Å². The summed E-state index contributed by atoms with van der Waals surface area (Å²) >= 11 is 0. The molecular weight excluding hydrogens is 358 g/mol. The van der Waals surface area contributed by atoms with E-state index in [1.54, 1.807) is 4.90 Å². The van der Waals surface area contributed by atoms with E-state index in [9.17, 15) is 4.79 Å². The first-order chi connectivity index (χ1) is 13.7.